The SMILES string of the molecule is Cc1cc(/C=C(\C#N)C(=O)OCC#N)c(C)n1C[C@H]1CCCO1. The Morgan fingerprint density at radius 1 is 1.52 bits per heavy atom. The molecule has 0 unspecified atom stereocenters. The summed E-state index contributed by atoms with van der Waals surface area (Å²) in [5.74, 6) is -0.780. The van der Waals surface area contributed by atoms with Crippen LogP contribution in [-0.2, 0) is 20.8 Å². The Bertz CT molecular complexity index is 698. The molecule has 1 saturated heterocycles. The van der Waals surface area contributed by atoms with Crippen LogP contribution >= 0.6 is 0 Å². The number of nitrogens with zero attached hydrogens (tertiary/aromatic N) is 3. The first-order valence-electron chi connectivity index (χ1n) is 7.51. The molecule has 23 heavy (non-hydrogen) atoms. The summed E-state index contributed by atoms with van der Waals surface area (Å²) in [4.78, 5) is 11.7. The van der Waals surface area contributed by atoms with Crippen LogP contribution in [0.15, 0.2) is 11.6 Å². The van der Waals surface area contributed by atoms with Crippen molar-refractivity contribution in [3.63, 3.8) is 0 Å². The van der Waals surface area contributed by atoms with E-state index >= 15 is 0 Å². The number of rotatable bonds is 5. The molecule has 1 aromatic heterocycles. The van der Waals surface area contributed by atoms with Crippen LogP contribution in [0.4, 0.5) is 0 Å². The lowest BCUT2D eigenvalue weighted by molar-refractivity contribution is -0.137. The molecule has 1 aliphatic heterocycles. The predicted molar refractivity (Wildman–Crippen MR) is 83.0 cm³/mol. The number of hydrogen-bond acceptors (Lipinski definition) is 5. The van der Waals surface area contributed by atoms with Gasteiger partial charge in [-0.05, 0) is 44.4 Å². The number of hydrogen-bond donors (Lipinski definition) is 0. The van der Waals surface area contributed by atoms with E-state index in [0.29, 0.717) is 0 Å². The van der Waals surface area contributed by atoms with E-state index in [1.165, 1.54) is 6.08 Å². The third kappa shape index (κ3) is 4.00. The molecule has 0 bridgehead atoms. The van der Waals surface area contributed by atoms with E-state index in [2.05, 4.69) is 9.30 Å². The fourth-order valence-corrected chi connectivity index (χ4v) is 2.71. The van der Waals surface area contributed by atoms with Gasteiger partial charge in [0.15, 0.2) is 6.61 Å². The van der Waals surface area contributed by atoms with Crippen molar-refractivity contribution in [3.8, 4) is 12.1 Å². The molecule has 0 radical (unpaired) electrons. The highest BCUT2D eigenvalue weighted by Gasteiger charge is 2.19. The van der Waals surface area contributed by atoms with Crippen molar-refractivity contribution in [1.29, 1.82) is 10.5 Å². The fraction of sp³-hybridized carbons (Fsp3) is 0.471. The number of carbonyl (C=O) groups excluding carboxylic acids is 1. The van der Waals surface area contributed by atoms with Crippen LogP contribution in [0, 0.1) is 36.5 Å². The summed E-state index contributed by atoms with van der Waals surface area (Å²) in [6.07, 6.45) is 3.85. The lowest BCUT2D eigenvalue weighted by Gasteiger charge is -2.14. The summed E-state index contributed by atoms with van der Waals surface area (Å²) >= 11 is 0. The van der Waals surface area contributed by atoms with Gasteiger partial charge in [-0.1, -0.05) is 0 Å². The Labute approximate surface area is 135 Å². The Kier molecular flexibility index (Phi) is 5.56. The van der Waals surface area contributed by atoms with Crippen LogP contribution in [-0.4, -0.2) is 29.9 Å². The molecular weight excluding hydrogens is 294 g/mol. The number of carbonyl (C=O) groups is 1. The second kappa shape index (κ2) is 7.62. The maximum absolute atomic E-state index is 11.7. The third-order valence-corrected chi connectivity index (χ3v) is 3.93. The van der Waals surface area contributed by atoms with Gasteiger partial charge in [0.05, 0.1) is 6.10 Å². The molecule has 0 amide bonds. The molecule has 0 saturated carbocycles. The van der Waals surface area contributed by atoms with Crippen LogP contribution < -0.4 is 0 Å². The van der Waals surface area contributed by atoms with E-state index in [9.17, 15) is 4.79 Å². The minimum Gasteiger partial charge on any atom is -0.446 e. The lowest BCUT2D eigenvalue weighted by Crippen LogP contribution is -2.16. The fourth-order valence-electron chi connectivity index (χ4n) is 2.71. The van der Waals surface area contributed by atoms with Crippen molar-refractivity contribution >= 4 is 12.0 Å². The second-order valence-corrected chi connectivity index (χ2v) is 5.48. The Morgan fingerprint density at radius 3 is 2.91 bits per heavy atom. The van der Waals surface area contributed by atoms with Gasteiger partial charge in [-0.2, -0.15) is 10.5 Å². The number of esters is 1. The maximum Gasteiger partial charge on any atom is 0.349 e. The normalized spacial score (nSPS) is 17.6. The van der Waals surface area contributed by atoms with Gasteiger partial charge in [0.1, 0.15) is 17.7 Å². The molecule has 2 rings (SSSR count). The molecule has 0 aliphatic carbocycles. The molecular formula is C17H19N3O3. The zero-order valence-corrected chi connectivity index (χ0v) is 13.3. The van der Waals surface area contributed by atoms with Gasteiger partial charge in [-0.25, -0.2) is 4.79 Å². The number of ether oxygens (including phenoxy) is 2. The van der Waals surface area contributed by atoms with Crippen LogP contribution in [0.3, 0.4) is 0 Å². The Morgan fingerprint density at radius 2 is 2.30 bits per heavy atom. The quantitative estimate of drug-likeness (QED) is 0.472. The average molecular weight is 313 g/mol. The van der Waals surface area contributed by atoms with Crippen molar-refractivity contribution in [3.05, 3.63) is 28.6 Å². The molecule has 6 nitrogen and oxygen atoms in total. The summed E-state index contributed by atoms with van der Waals surface area (Å²) in [7, 11) is 0. The third-order valence-electron chi connectivity index (χ3n) is 3.93. The summed E-state index contributed by atoms with van der Waals surface area (Å²) < 4.78 is 12.5. The van der Waals surface area contributed by atoms with Gasteiger partial charge in [-0.15, -0.1) is 0 Å². The van der Waals surface area contributed by atoms with Crippen LogP contribution in [0.2, 0.25) is 0 Å². The standard InChI is InChI=1S/C17H19N3O3/c1-12-8-14(9-15(10-19)17(21)23-7-5-18)13(2)20(12)11-16-4-3-6-22-16/h8-9,16H,3-4,6-7,11H2,1-2H3/b15-9+/t16-/m1/s1. The van der Waals surface area contributed by atoms with Crippen molar-refractivity contribution in [2.24, 2.45) is 0 Å². The second-order valence-electron chi connectivity index (χ2n) is 5.48. The van der Waals surface area contributed by atoms with E-state index in [1.807, 2.05) is 26.0 Å². The van der Waals surface area contributed by atoms with Gasteiger partial charge in [-0.3, -0.25) is 0 Å². The van der Waals surface area contributed by atoms with Crippen LogP contribution in [0.25, 0.3) is 6.08 Å². The highest BCUT2D eigenvalue weighted by molar-refractivity contribution is 5.98. The monoisotopic (exact) mass is 313 g/mol. The largest absolute Gasteiger partial charge is 0.446 e. The first kappa shape index (κ1) is 16.8. The molecule has 1 aromatic rings. The maximum atomic E-state index is 11.7. The molecule has 0 N–H and O–H groups in total. The molecule has 1 atom stereocenters. The minimum atomic E-state index is -0.780. The molecule has 0 aromatic carbocycles. The first-order valence-corrected chi connectivity index (χ1v) is 7.51. The van der Waals surface area contributed by atoms with Crippen molar-refractivity contribution in [2.75, 3.05) is 13.2 Å². The highest BCUT2D eigenvalue weighted by atomic mass is 16.5. The summed E-state index contributed by atoms with van der Waals surface area (Å²) in [6, 6.07) is 5.47. The average Bonchev–Trinajstić information content (AvgIpc) is 3.14. The van der Waals surface area contributed by atoms with Crippen LogP contribution in [0.5, 0.6) is 0 Å². The minimum absolute atomic E-state index is 0.113. The van der Waals surface area contributed by atoms with Crippen molar-refractivity contribution in [1.82, 2.24) is 4.57 Å². The molecule has 6 heteroatoms. The number of aromatic nitrogens is 1. The zero-order chi connectivity index (χ0) is 16.8. The van der Waals surface area contributed by atoms with Gasteiger partial charge < -0.3 is 14.0 Å². The van der Waals surface area contributed by atoms with Crippen LogP contribution in [0.1, 0.15) is 29.8 Å². The number of aryl methyl sites for hydroxylation is 1. The van der Waals surface area contributed by atoms with E-state index in [4.69, 9.17) is 15.3 Å². The van der Waals surface area contributed by atoms with Crippen molar-refractivity contribution < 1.29 is 14.3 Å². The summed E-state index contributed by atoms with van der Waals surface area (Å²) in [5, 5.41) is 17.6. The summed E-state index contributed by atoms with van der Waals surface area (Å²) in [5.41, 5.74) is 2.70. The van der Waals surface area contributed by atoms with Gasteiger partial charge in [0, 0.05) is 24.5 Å². The molecule has 1 aliphatic rings. The first-order chi connectivity index (χ1) is 11.1. The van der Waals surface area contributed by atoms with E-state index < -0.39 is 5.97 Å². The molecule has 2 heterocycles. The smallest absolute Gasteiger partial charge is 0.349 e. The molecule has 1 fully saturated rings. The Balaban J connectivity index is 2.22. The molecule has 0 spiro atoms. The lowest BCUT2D eigenvalue weighted by atomic mass is 10.1. The number of nitriles is 2. The zero-order valence-electron chi connectivity index (χ0n) is 13.3. The Hall–Kier alpha value is -2.57. The van der Waals surface area contributed by atoms with E-state index in [-0.39, 0.29) is 18.3 Å². The van der Waals surface area contributed by atoms with E-state index in [0.717, 1.165) is 42.9 Å². The van der Waals surface area contributed by atoms with Gasteiger partial charge in [0.2, 0.25) is 0 Å². The van der Waals surface area contributed by atoms with Gasteiger partial charge >= 0.3 is 5.97 Å². The summed E-state index contributed by atoms with van der Waals surface area (Å²) in [6.45, 7) is 5.14. The highest BCUT2D eigenvalue weighted by Crippen LogP contribution is 2.22. The van der Waals surface area contributed by atoms with Crippen molar-refractivity contribution in [2.45, 2.75) is 39.3 Å². The topological polar surface area (TPSA) is 88.0 Å². The predicted octanol–water partition coefficient (Wildman–Crippen LogP) is 2.26. The molecule has 120 valence electrons. The van der Waals surface area contributed by atoms with E-state index in [1.54, 1.807) is 6.07 Å². The van der Waals surface area contributed by atoms with Gasteiger partial charge in [0.25, 0.3) is 0 Å².